The first kappa shape index (κ1) is 25.3. The normalized spacial score (nSPS) is 25.3. The average molecular weight is 472 g/mol. The van der Waals surface area contributed by atoms with Crippen LogP contribution in [-0.4, -0.2) is 68.8 Å². The van der Waals surface area contributed by atoms with E-state index in [1.165, 1.54) is 24.3 Å². The lowest BCUT2D eigenvalue weighted by molar-refractivity contribution is -0.238. The Bertz CT molecular complexity index is 957. The summed E-state index contributed by atoms with van der Waals surface area (Å²) in [6, 6.07) is 7.19. The zero-order chi connectivity index (χ0) is 24.1. The zero-order valence-corrected chi connectivity index (χ0v) is 18.7. The quantitative estimate of drug-likeness (QED) is 0.404. The molecule has 0 saturated carbocycles. The highest BCUT2D eigenvalue weighted by atomic mass is 32.2. The minimum atomic E-state index is -4.32. The summed E-state index contributed by atoms with van der Waals surface area (Å²) in [5.41, 5.74) is -1.86. The molecule has 0 radical (unpaired) electrons. The highest BCUT2D eigenvalue weighted by Crippen LogP contribution is 2.34. The molecule has 1 aromatic rings. The van der Waals surface area contributed by atoms with Crippen molar-refractivity contribution in [2.45, 2.75) is 62.4 Å². The Morgan fingerprint density at radius 1 is 0.781 bits per heavy atom. The van der Waals surface area contributed by atoms with Gasteiger partial charge in [0.25, 0.3) is 0 Å². The Hall–Kier alpha value is -2.99. The van der Waals surface area contributed by atoms with Crippen LogP contribution < -0.4 is 0 Å². The molecule has 0 aliphatic carbocycles. The molecule has 1 aromatic carbocycles. The first-order valence-electron chi connectivity index (χ1n) is 9.53. The van der Waals surface area contributed by atoms with Gasteiger partial charge in [-0.25, -0.2) is 8.42 Å². The number of sulfone groups is 1. The number of esters is 4. The van der Waals surface area contributed by atoms with Crippen molar-refractivity contribution in [3.05, 3.63) is 30.3 Å². The fourth-order valence-electron chi connectivity index (χ4n) is 3.18. The third kappa shape index (κ3) is 6.26. The SMILES string of the molecule is CC(=O)OC[C@H]1O[C@@H](S(=O)(=O)c2ccccc2)[C@H](OC(C)=O)[C@H](OC(C)=O)[C@@H]1OC(C)=O. The molecule has 1 aliphatic heterocycles. The summed E-state index contributed by atoms with van der Waals surface area (Å²) in [5.74, 6) is -3.25. The molecule has 12 heteroatoms. The number of carbonyl (C=O) groups is 4. The smallest absolute Gasteiger partial charge is 0.303 e. The summed E-state index contributed by atoms with van der Waals surface area (Å²) < 4.78 is 53.0. The maximum absolute atomic E-state index is 13.4. The molecule has 0 amide bonds. The van der Waals surface area contributed by atoms with E-state index in [0.717, 1.165) is 27.7 Å². The Kier molecular flexibility index (Phi) is 8.33. The number of rotatable bonds is 7. The second-order valence-electron chi connectivity index (χ2n) is 6.93. The Labute approximate surface area is 184 Å². The van der Waals surface area contributed by atoms with Gasteiger partial charge in [-0.1, -0.05) is 18.2 Å². The predicted octanol–water partition coefficient (Wildman–Crippen LogP) is 0.543. The van der Waals surface area contributed by atoms with Crippen molar-refractivity contribution in [3.8, 4) is 0 Å². The summed E-state index contributed by atoms with van der Waals surface area (Å²) in [5, 5.41) is 0. The van der Waals surface area contributed by atoms with Gasteiger partial charge < -0.3 is 23.7 Å². The molecule has 5 atom stereocenters. The molecule has 0 bridgehead atoms. The van der Waals surface area contributed by atoms with Crippen molar-refractivity contribution in [2.75, 3.05) is 6.61 Å². The maximum Gasteiger partial charge on any atom is 0.303 e. The van der Waals surface area contributed by atoms with Crippen molar-refractivity contribution in [3.63, 3.8) is 0 Å². The minimum Gasteiger partial charge on any atom is -0.463 e. The van der Waals surface area contributed by atoms with Crippen LogP contribution in [0.4, 0.5) is 0 Å². The van der Waals surface area contributed by atoms with Crippen molar-refractivity contribution in [1.29, 1.82) is 0 Å². The second-order valence-corrected chi connectivity index (χ2v) is 8.95. The van der Waals surface area contributed by atoms with Gasteiger partial charge in [-0.2, -0.15) is 0 Å². The number of ether oxygens (including phenoxy) is 5. The lowest BCUT2D eigenvalue weighted by Crippen LogP contribution is -2.64. The third-order valence-electron chi connectivity index (χ3n) is 4.33. The third-order valence-corrected chi connectivity index (χ3v) is 6.25. The van der Waals surface area contributed by atoms with Crippen molar-refractivity contribution in [2.24, 2.45) is 0 Å². The summed E-state index contributed by atoms with van der Waals surface area (Å²) in [7, 11) is -4.32. The number of hydrogen-bond donors (Lipinski definition) is 0. The van der Waals surface area contributed by atoms with Gasteiger partial charge in [-0.15, -0.1) is 0 Å². The maximum atomic E-state index is 13.4. The number of hydrogen-bond acceptors (Lipinski definition) is 11. The predicted molar refractivity (Wildman–Crippen MR) is 106 cm³/mol. The lowest BCUT2D eigenvalue weighted by Gasteiger charge is -2.43. The summed E-state index contributed by atoms with van der Waals surface area (Å²) in [6.07, 6.45) is -6.01. The molecule has 1 saturated heterocycles. The molecule has 1 aliphatic rings. The molecule has 0 unspecified atom stereocenters. The van der Waals surface area contributed by atoms with Crippen LogP contribution in [0.25, 0.3) is 0 Å². The first-order valence-corrected chi connectivity index (χ1v) is 11.1. The number of carbonyl (C=O) groups excluding carboxylic acids is 4. The van der Waals surface area contributed by atoms with E-state index in [4.69, 9.17) is 23.7 Å². The molecule has 2 rings (SSSR count). The highest BCUT2D eigenvalue weighted by molar-refractivity contribution is 7.92. The van der Waals surface area contributed by atoms with Crippen LogP contribution in [0.2, 0.25) is 0 Å². The molecule has 176 valence electrons. The van der Waals surface area contributed by atoms with E-state index >= 15 is 0 Å². The Morgan fingerprint density at radius 2 is 1.28 bits per heavy atom. The van der Waals surface area contributed by atoms with Gasteiger partial charge in [-0.05, 0) is 12.1 Å². The van der Waals surface area contributed by atoms with Crippen LogP contribution in [0.1, 0.15) is 27.7 Å². The first-order chi connectivity index (χ1) is 14.9. The fraction of sp³-hybridized carbons (Fsp3) is 0.500. The van der Waals surface area contributed by atoms with Gasteiger partial charge in [0.15, 0.2) is 18.3 Å². The van der Waals surface area contributed by atoms with Crippen LogP contribution in [0.15, 0.2) is 35.2 Å². The van der Waals surface area contributed by atoms with E-state index in [-0.39, 0.29) is 4.90 Å². The zero-order valence-electron chi connectivity index (χ0n) is 17.9. The monoisotopic (exact) mass is 472 g/mol. The van der Waals surface area contributed by atoms with E-state index in [1.807, 2.05) is 0 Å². The molecular formula is C20H24O11S. The van der Waals surface area contributed by atoms with E-state index in [1.54, 1.807) is 6.07 Å². The molecule has 11 nitrogen and oxygen atoms in total. The number of benzene rings is 1. The van der Waals surface area contributed by atoms with Crippen molar-refractivity contribution < 1.29 is 51.3 Å². The van der Waals surface area contributed by atoms with Gasteiger partial charge in [0.05, 0.1) is 4.90 Å². The molecular weight excluding hydrogens is 448 g/mol. The Morgan fingerprint density at radius 3 is 1.78 bits per heavy atom. The standard InChI is InChI=1S/C20H24O11S/c1-11(21)27-10-16-17(28-12(2)22)18(29-13(3)23)19(30-14(4)24)20(31-16)32(25,26)15-8-6-5-7-9-15/h5-9,16-20H,10H2,1-4H3/t16-,17-,18-,19-,20+/m1/s1. The largest absolute Gasteiger partial charge is 0.463 e. The lowest BCUT2D eigenvalue weighted by atomic mass is 9.99. The van der Waals surface area contributed by atoms with Gasteiger partial charge in [0.1, 0.15) is 12.7 Å². The molecule has 0 spiro atoms. The van der Waals surface area contributed by atoms with Crippen LogP contribution in [0, 0.1) is 0 Å². The summed E-state index contributed by atoms with van der Waals surface area (Å²) >= 11 is 0. The van der Waals surface area contributed by atoms with E-state index < -0.39 is 70.2 Å². The fourth-order valence-corrected chi connectivity index (χ4v) is 4.84. The molecule has 1 heterocycles. The van der Waals surface area contributed by atoms with Gasteiger partial charge >= 0.3 is 23.9 Å². The second kappa shape index (κ2) is 10.6. The van der Waals surface area contributed by atoms with Crippen LogP contribution >= 0.6 is 0 Å². The van der Waals surface area contributed by atoms with E-state index in [2.05, 4.69) is 0 Å². The van der Waals surface area contributed by atoms with Gasteiger partial charge in [-0.3, -0.25) is 19.2 Å². The van der Waals surface area contributed by atoms with E-state index in [0.29, 0.717) is 0 Å². The summed E-state index contributed by atoms with van der Waals surface area (Å²) in [4.78, 5) is 46.5. The Balaban J connectivity index is 2.61. The molecule has 32 heavy (non-hydrogen) atoms. The van der Waals surface area contributed by atoms with Crippen LogP contribution in [-0.2, 0) is 52.7 Å². The van der Waals surface area contributed by atoms with Gasteiger partial charge in [0.2, 0.25) is 15.3 Å². The molecule has 0 N–H and O–H groups in total. The minimum absolute atomic E-state index is 0.152. The highest BCUT2D eigenvalue weighted by Gasteiger charge is 2.56. The summed E-state index contributed by atoms with van der Waals surface area (Å²) in [6.45, 7) is 3.75. The topological polar surface area (TPSA) is 149 Å². The van der Waals surface area contributed by atoms with Crippen LogP contribution in [0.3, 0.4) is 0 Å². The van der Waals surface area contributed by atoms with Gasteiger partial charge in [0, 0.05) is 27.7 Å². The average Bonchev–Trinajstić information content (AvgIpc) is 2.69. The van der Waals surface area contributed by atoms with Crippen molar-refractivity contribution in [1.82, 2.24) is 0 Å². The molecule has 1 fully saturated rings. The molecule has 0 aromatic heterocycles. The van der Waals surface area contributed by atoms with Crippen LogP contribution in [0.5, 0.6) is 0 Å². The van der Waals surface area contributed by atoms with E-state index in [9.17, 15) is 27.6 Å². The van der Waals surface area contributed by atoms with Crippen molar-refractivity contribution >= 4 is 33.7 Å².